The van der Waals surface area contributed by atoms with Crippen molar-refractivity contribution in [3.05, 3.63) is 120 Å². The van der Waals surface area contributed by atoms with E-state index < -0.39 is 0 Å². The number of hydrogen-bond acceptors (Lipinski definition) is 0. The van der Waals surface area contributed by atoms with Crippen LogP contribution in [0.4, 0.5) is 0 Å². The topological polar surface area (TPSA) is 20.7 Å². The van der Waals surface area contributed by atoms with Crippen molar-refractivity contribution in [1.82, 2.24) is 9.55 Å². The van der Waals surface area contributed by atoms with Crippen LogP contribution in [0, 0.1) is 0 Å². The summed E-state index contributed by atoms with van der Waals surface area (Å²) in [4.78, 5) is 3.88. The van der Waals surface area contributed by atoms with E-state index >= 15 is 0 Å². The average molecular weight is 485 g/mol. The fourth-order valence-corrected chi connectivity index (χ4v) is 6.87. The second-order valence-electron chi connectivity index (χ2n) is 10.6. The molecule has 178 valence electrons. The summed E-state index contributed by atoms with van der Waals surface area (Å²) in [5, 5.41) is 10.4. The first-order chi connectivity index (χ1) is 18.8. The molecule has 0 radical (unpaired) electrons. The molecular weight excluding hydrogens is 460 g/mol. The van der Waals surface area contributed by atoms with Crippen LogP contribution < -0.4 is 0 Å². The number of nitrogens with one attached hydrogen (secondary N) is 1. The highest BCUT2D eigenvalue weighted by molar-refractivity contribution is 6.28. The molecule has 38 heavy (non-hydrogen) atoms. The van der Waals surface area contributed by atoms with E-state index in [4.69, 9.17) is 0 Å². The molecule has 8 aromatic rings. The van der Waals surface area contributed by atoms with Crippen LogP contribution in [0.5, 0.6) is 0 Å². The number of hydrogen-bond donors (Lipinski definition) is 1. The molecule has 2 heterocycles. The molecule has 0 unspecified atom stereocenters. The van der Waals surface area contributed by atoms with Crippen LogP contribution in [0.25, 0.3) is 76.9 Å². The molecule has 0 fully saturated rings. The standard InChI is InChI=1S/C36H24N2/c1-2-10-25-21-26(16-13-22(25)7-1)38-32-20-15-24-9-4-6-12-28(24)34(32)30-18-17-29-33-27-11-5-3-8-23(27)14-19-31(33)37-35(29)36(30)38/h1-4,6-10,12-21,37H,5,11H2. The maximum absolute atomic E-state index is 3.88. The van der Waals surface area contributed by atoms with Crippen LogP contribution in [0.15, 0.2) is 109 Å². The number of fused-ring (bicyclic) bond motifs is 12. The van der Waals surface area contributed by atoms with Gasteiger partial charge in [0.2, 0.25) is 0 Å². The largest absolute Gasteiger partial charge is 0.353 e. The van der Waals surface area contributed by atoms with Crippen molar-refractivity contribution >= 4 is 71.2 Å². The van der Waals surface area contributed by atoms with E-state index in [1.54, 1.807) is 0 Å². The Hall–Kier alpha value is -4.82. The van der Waals surface area contributed by atoms with Crippen molar-refractivity contribution in [2.45, 2.75) is 12.8 Å². The van der Waals surface area contributed by atoms with Gasteiger partial charge < -0.3 is 9.55 Å². The maximum Gasteiger partial charge on any atom is 0.0783 e. The summed E-state index contributed by atoms with van der Waals surface area (Å²) in [6, 6.07) is 38.0. The normalized spacial score (nSPS) is 13.5. The zero-order chi connectivity index (χ0) is 24.8. The van der Waals surface area contributed by atoms with E-state index in [1.165, 1.54) is 82.0 Å². The molecule has 0 bridgehead atoms. The van der Waals surface area contributed by atoms with Gasteiger partial charge in [-0.1, -0.05) is 91.0 Å². The lowest BCUT2D eigenvalue weighted by Crippen LogP contribution is -1.95. The molecule has 9 rings (SSSR count). The number of H-pyrrole nitrogens is 1. The van der Waals surface area contributed by atoms with E-state index in [0.717, 1.165) is 12.8 Å². The molecule has 2 heteroatoms. The number of nitrogens with zero attached hydrogens (tertiary/aromatic N) is 1. The molecule has 1 N–H and O–H groups in total. The van der Waals surface area contributed by atoms with Gasteiger partial charge in [0.15, 0.2) is 0 Å². The van der Waals surface area contributed by atoms with Gasteiger partial charge in [0.05, 0.1) is 16.6 Å². The van der Waals surface area contributed by atoms with Crippen molar-refractivity contribution in [2.24, 2.45) is 0 Å². The van der Waals surface area contributed by atoms with Crippen molar-refractivity contribution in [1.29, 1.82) is 0 Å². The Morgan fingerprint density at radius 3 is 2.39 bits per heavy atom. The molecule has 0 amide bonds. The zero-order valence-electron chi connectivity index (χ0n) is 20.8. The highest BCUT2D eigenvalue weighted by atomic mass is 15.0. The number of aryl methyl sites for hydroxylation is 1. The van der Waals surface area contributed by atoms with Crippen LogP contribution in [0.3, 0.4) is 0 Å². The van der Waals surface area contributed by atoms with Crippen LogP contribution in [-0.2, 0) is 6.42 Å². The first-order valence-corrected chi connectivity index (χ1v) is 13.4. The van der Waals surface area contributed by atoms with E-state index in [1.807, 2.05) is 0 Å². The number of aromatic nitrogens is 2. The minimum Gasteiger partial charge on any atom is -0.353 e. The summed E-state index contributed by atoms with van der Waals surface area (Å²) < 4.78 is 2.48. The Bertz CT molecular complexity index is 2290. The van der Waals surface area contributed by atoms with Gasteiger partial charge in [0.1, 0.15) is 0 Å². The minimum absolute atomic E-state index is 1.09. The smallest absolute Gasteiger partial charge is 0.0783 e. The van der Waals surface area contributed by atoms with E-state index in [2.05, 4.69) is 125 Å². The maximum atomic E-state index is 3.88. The van der Waals surface area contributed by atoms with E-state index in [-0.39, 0.29) is 0 Å². The minimum atomic E-state index is 1.09. The molecule has 6 aromatic carbocycles. The lowest BCUT2D eigenvalue weighted by Gasteiger charge is -2.12. The van der Waals surface area contributed by atoms with Crippen molar-refractivity contribution in [3.63, 3.8) is 0 Å². The summed E-state index contributed by atoms with van der Waals surface area (Å²) in [6.45, 7) is 0. The molecule has 2 nitrogen and oxygen atoms in total. The van der Waals surface area contributed by atoms with Gasteiger partial charge in [-0.3, -0.25) is 0 Å². The third kappa shape index (κ3) is 2.62. The summed E-state index contributed by atoms with van der Waals surface area (Å²) in [5.74, 6) is 0. The third-order valence-corrected chi connectivity index (χ3v) is 8.55. The summed E-state index contributed by atoms with van der Waals surface area (Å²) in [7, 11) is 0. The first-order valence-electron chi connectivity index (χ1n) is 13.4. The predicted octanol–water partition coefficient (Wildman–Crippen LogP) is 9.68. The van der Waals surface area contributed by atoms with E-state index in [0.29, 0.717) is 0 Å². The van der Waals surface area contributed by atoms with Crippen LogP contribution in [-0.4, -0.2) is 9.55 Å². The molecule has 0 aliphatic heterocycles. The number of allylic oxidation sites excluding steroid dienone is 1. The zero-order valence-corrected chi connectivity index (χ0v) is 20.8. The van der Waals surface area contributed by atoms with Gasteiger partial charge in [0, 0.05) is 32.7 Å². The van der Waals surface area contributed by atoms with Gasteiger partial charge in [0.25, 0.3) is 0 Å². The van der Waals surface area contributed by atoms with Crippen LogP contribution >= 0.6 is 0 Å². The highest BCUT2D eigenvalue weighted by Gasteiger charge is 2.21. The second-order valence-corrected chi connectivity index (χ2v) is 10.6. The van der Waals surface area contributed by atoms with Crippen LogP contribution in [0.1, 0.15) is 17.5 Å². The van der Waals surface area contributed by atoms with Gasteiger partial charge in [-0.05, 0) is 69.8 Å². The van der Waals surface area contributed by atoms with Gasteiger partial charge in [-0.15, -0.1) is 0 Å². The number of aromatic amines is 1. The summed E-state index contributed by atoms with van der Waals surface area (Å²) in [5.41, 5.74) is 8.94. The molecule has 2 aromatic heterocycles. The first kappa shape index (κ1) is 20.3. The fourth-order valence-electron chi connectivity index (χ4n) is 6.87. The quantitative estimate of drug-likeness (QED) is 0.239. The summed E-state index contributed by atoms with van der Waals surface area (Å²) >= 11 is 0. The SMILES string of the molecule is C1=Cc2ccc3[nH]c4c(ccc5c6c7ccccc7ccc6n(-c6ccc7ccccc7c6)c54)c3c2CC1. The molecule has 0 atom stereocenters. The van der Waals surface area contributed by atoms with Gasteiger partial charge in [-0.2, -0.15) is 0 Å². The van der Waals surface area contributed by atoms with Crippen molar-refractivity contribution in [3.8, 4) is 5.69 Å². The van der Waals surface area contributed by atoms with E-state index in [9.17, 15) is 0 Å². The number of benzene rings is 6. The van der Waals surface area contributed by atoms with Gasteiger partial charge in [-0.25, -0.2) is 0 Å². The molecule has 0 saturated carbocycles. The lowest BCUT2D eigenvalue weighted by atomic mass is 9.92. The fraction of sp³-hybridized carbons (Fsp3) is 0.0556. The molecule has 1 aliphatic carbocycles. The second kappa shape index (κ2) is 7.36. The average Bonchev–Trinajstić information content (AvgIpc) is 3.53. The Morgan fingerprint density at radius 1 is 0.632 bits per heavy atom. The van der Waals surface area contributed by atoms with Crippen molar-refractivity contribution < 1.29 is 0 Å². The monoisotopic (exact) mass is 484 g/mol. The Balaban J connectivity index is 1.51. The molecular formula is C36H24N2. The summed E-state index contributed by atoms with van der Waals surface area (Å²) in [6.07, 6.45) is 6.77. The molecule has 0 saturated heterocycles. The Labute approximate surface area is 219 Å². The Kier molecular flexibility index (Phi) is 3.93. The Morgan fingerprint density at radius 2 is 1.45 bits per heavy atom. The lowest BCUT2D eigenvalue weighted by molar-refractivity contribution is 0.998. The highest BCUT2D eigenvalue weighted by Crippen LogP contribution is 2.43. The predicted molar refractivity (Wildman–Crippen MR) is 163 cm³/mol. The van der Waals surface area contributed by atoms with Crippen molar-refractivity contribution in [2.75, 3.05) is 0 Å². The van der Waals surface area contributed by atoms with Gasteiger partial charge >= 0.3 is 0 Å². The molecule has 1 aliphatic rings. The third-order valence-electron chi connectivity index (χ3n) is 8.55. The number of rotatable bonds is 1. The molecule has 0 spiro atoms. The van der Waals surface area contributed by atoms with Crippen LogP contribution in [0.2, 0.25) is 0 Å².